The first-order valence-electron chi connectivity index (χ1n) is 15.6. The van der Waals surface area contributed by atoms with E-state index in [9.17, 15) is 14.0 Å². The van der Waals surface area contributed by atoms with Crippen LogP contribution in [0.2, 0.25) is 0 Å². The SMILES string of the molecule is CCCCCc1ccc(C(=O)Nc2ccc(N3CCN(c4ccccc4OC)CC3)c(C(=O)NCc3ccc(F)cc3)c2)cc1. The number of hydrogen-bond donors (Lipinski definition) is 2. The van der Waals surface area contributed by atoms with Gasteiger partial charge in [0.05, 0.1) is 18.4 Å². The Balaban J connectivity index is 1.32. The van der Waals surface area contributed by atoms with Gasteiger partial charge in [-0.15, -0.1) is 0 Å². The Bertz CT molecular complexity index is 1580. The first kappa shape index (κ1) is 31.6. The highest BCUT2D eigenvalue weighted by molar-refractivity contribution is 6.06. The maximum atomic E-state index is 13.6. The van der Waals surface area contributed by atoms with Crippen LogP contribution in [0.4, 0.5) is 21.5 Å². The van der Waals surface area contributed by atoms with E-state index in [1.165, 1.54) is 30.5 Å². The van der Waals surface area contributed by atoms with Gasteiger partial charge in [0.1, 0.15) is 11.6 Å². The molecule has 1 aliphatic rings. The summed E-state index contributed by atoms with van der Waals surface area (Å²) in [7, 11) is 1.68. The fourth-order valence-corrected chi connectivity index (χ4v) is 5.64. The minimum absolute atomic E-state index is 0.231. The molecule has 234 valence electrons. The van der Waals surface area contributed by atoms with Gasteiger partial charge in [-0.3, -0.25) is 9.59 Å². The lowest BCUT2D eigenvalue weighted by molar-refractivity contribution is 0.0950. The fraction of sp³-hybridized carbons (Fsp3) is 0.297. The number of benzene rings is 4. The number of carbonyl (C=O) groups is 2. The predicted molar refractivity (Wildman–Crippen MR) is 179 cm³/mol. The van der Waals surface area contributed by atoms with E-state index >= 15 is 0 Å². The number of unbranched alkanes of at least 4 members (excludes halogenated alkanes) is 2. The maximum absolute atomic E-state index is 13.6. The molecule has 0 unspecified atom stereocenters. The van der Waals surface area contributed by atoms with Crippen LogP contribution in [-0.2, 0) is 13.0 Å². The van der Waals surface area contributed by atoms with Crippen LogP contribution < -0.4 is 25.2 Å². The molecular formula is C37H41FN4O3. The molecule has 0 radical (unpaired) electrons. The lowest BCUT2D eigenvalue weighted by atomic mass is 10.0. The number of ether oxygens (including phenoxy) is 1. The van der Waals surface area contributed by atoms with Gasteiger partial charge in [0.15, 0.2) is 0 Å². The standard InChI is InChI=1S/C37H41FN4O3/c1-3-4-5-8-27-11-15-29(16-12-27)36(43)40-31-19-20-33(32(25-31)37(44)39-26-28-13-17-30(38)18-14-28)41-21-23-42(24-22-41)34-9-6-7-10-35(34)45-2/h6-7,9-20,25H,3-5,8,21-24,26H2,1-2H3,(H,39,44)(H,40,43). The van der Waals surface area contributed by atoms with Crippen LogP contribution in [0, 0.1) is 5.82 Å². The van der Waals surface area contributed by atoms with E-state index in [0.717, 1.165) is 48.6 Å². The molecule has 8 heteroatoms. The first-order chi connectivity index (χ1) is 21.9. The smallest absolute Gasteiger partial charge is 0.255 e. The summed E-state index contributed by atoms with van der Waals surface area (Å²) in [6, 6.07) is 27.2. The minimum atomic E-state index is -0.325. The second-order valence-corrected chi connectivity index (χ2v) is 11.3. The number of aryl methyl sites for hydroxylation is 1. The van der Waals surface area contributed by atoms with E-state index in [1.54, 1.807) is 25.3 Å². The lowest BCUT2D eigenvalue weighted by Gasteiger charge is -2.38. The Morgan fingerprint density at radius 1 is 0.778 bits per heavy atom. The van der Waals surface area contributed by atoms with E-state index in [2.05, 4.69) is 33.4 Å². The topological polar surface area (TPSA) is 73.9 Å². The summed E-state index contributed by atoms with van der Waals surface area (Å²) < 4.78 is 19.0. The van der Waals surface area contributed by atoms with Crippen LogP contribution in [0.5, 0.6) is 5.75 Å². The van der Waals surface area contributed by atoms with Crippen molar-refractivity contribution in [3.05, 3.63) is 119 Å². The average Bonchev–Trinajstić information content (AvgIpc) is 3.08. The molecule has 1 aliphatic heterocycles. The number of carbonyl (C=O) groups excluding carboxylic acids is 2. The van der Waals surface area contributed by atoms with Crippen molar-refractivity contribution < 1.29 is 18.7 Å². The van der Waals surface area contributed by atoms with E-state index in [1.807, 2.05) is 54.6 Å². The highest BCUT2D eigenvalue weighted by Crippen LogP contribution is 2.31. The molecule has 0 spiro atoms. The summed E-state index contributed by atoms with van der Waals surface area (Å²) in [5.41, 5.74) is 5.41. The number of anilines is 3. The molecule has 2 amide bonds. The molecule has 4 aromatic carbocycles. The maximum Gasteiger partial charge on any atom is 0.255 e. The molecule has 0 bridgehead atoms. The zero-order chi connectivity index (χ0) is 31.6. The van der Waals surface area contributed by atoms with Crippen LogP contribution in [0.25, 0.3) is 0 Å². The van der Waals surface area contributed by atoms with Crippen LogP contribution in [-0.4, -0.2) is 45.1 Å². The van der Waals surface area contributed by atoms with Crippen molar-refractivity contribution in [3.63, 3.8) is 0 Å². The van der Waals surface area contributed by atoms with Gasteiger partial charge in [0.2, 0.25) is 0 Å². The van der Waals surface area contributed by atoms with Gasteiger partial charge in [-0.1, -0.05) is 56.2 Å². The van der Waals surface area contributed by atoms with Crippen LogP contribution in [0.15, 0.2) is 91.0 Å². The second kappa shape index (κ2) is 15.2. The quantitative estimate of drug-likeness (QED) is 0.168. The summed E-state index contributed by atoms with van der Waals surface area (Å²) in [6.07, 6.45) is 4.50. The first-order valence-corrected chi connectivity index (χ1v) is 15.6. The van der Waals surface area contributed by atoms with E-state index in [0.29, 0.717) is 29.9 Å². The zero-order valence-electron chi connectivity index (χ0n) is 26.0. The normalized spacial score (nSPS) is 13.0. The minimum Gasteiger partial charge on any atom is -0.495 e. The summed E-state index contributed by atoms with van der Waals surface area (Å²) in [5, 5.41) is 5.95. The molecule has 0 saturated carbocycles. The van der Waals surface area contributed by atoms with Crippen molar-refractivity contribution in [2.24, 2.45) is 0 Å². The third-order valence-electron chi connectivity index (χ3n) is 8.20. The van der Waals surface area contributed by atoms with Gasteiger partial charge in [-0.2, -0.15) is 0 Å². The largest absolute Gasteiger partial charge is 0.495 e. The molecule has 2 N–H and O–H groups in total. The van der Waals surface area contributed by atoms with Gasteiger partial charge < -0.3 is 25.2 Å². The van der Waals surface area contributed by atoms with Gasteiger partial charge in [0, 0.05) is 49.7 Å². The number of methoxy groups -OCH3 is 1. The Morgan fingerprint density at radius 2 is 1.44 bits per heavy atom. The summed E-state index contributed by atoms with van der Waals surface area (Å²) in [4.78, 5) is 31.2. The van der Waals surface area contributed by atoms with Crippen molar-refractivity contribution >= 4 is 28.9 Å². The van der Waals surface area contributed by atoms with E-state index in [4.69, 9.17) is 4.74 Å². The molecule has 4 aromatic rings. The Hall–Kier alpha value is -4.85. The molecule has 0 aromatic heterocycles. The summed E-state index contributed by atoms with van der Waals surface area (Å²) >= 11 is 0. The molecule has 0 atom stereocenters. The van der Waals surface area contributed by atoms with Gasteiger partial charge in [-0.25, -0.2) is 4.39 Å². The Kier molecular flexibility index (Phi) is 10.7. The number of rotatable bonds is 12. The van der Waals surface area contributed by atoms with E-state index in [-0.39, 0.29) is 24.2 Å². The van der Waals surface area contributed by atoms with Crippen molar-refractivity contribution in [1.82, 2.24) is 5.32 Å². The number of amides is 2. The number of hydrogen-bond acceptors (Lipinski definition) is 5. The molecule has 0 aliphatic carbocycles. The number of nitrogens with zero attached hydrogens (tertiary/aromatic N) is 2. The molecule has 7 nitrogen and oxygen atoms in total. The number of halogens is 1. The van der Waals surface area contributed by atoms with Crippen molar-refractivity contribution in [1.29, 1.82) is 0 Å². The molecule has 1 fully saturated rings. The Labute approximate surface area is 265 Å². The van der Waals surface area contributed by atoms with Gasteiger partial charge in [0.25, 0.3) is 11.8 Å². The monoisotopic (exact) mass is 608 g/mol. The van der Waals surface area contributed by atoms with Crippen LogP contribution in [0.1, 0.15) is 58.0 Å². The molecule has 5 rings (SSSR count). The van der Waals surface area contributed by atoms with Crippen LogP contribution in [0.3, 0.4) is 0 Å². The number of para-hydroxylation sites is 2. The number of piperazine rings is 1. The Morgan fingerprint density at radius 3 is 2.13 bits per heavy atom. The molecule has 1 heterocycles. The van der Waals surface area contributed by atoms with Gasteiger partial charge >= 0.3 is 0 Å². The fourth-order valence-electron chi connectivity index (χ4n) is 5.64. The third kappa shape index (κ3) is 8.20. The average molecular weight is 609 g/mol. The predicted octanol–water partition coefficient (Wildman–Crippen LogP) is 7.08. The van der Waals surface area contributed by atoms with Crippen molar-refractivity contribution in [2.45, 2.75) is 39.2 Å². The highest BCUT2D eigenvalue weighted by atomic mass is 19.1. The van der Waals surface area contributed by atoms with Crippen molar-refractivity contribution in [3.8, 4) is 5.75 Å². The summed E-state index contributed by atoms with van der Waals surface area (Å²) in [6.45, 7) is 5.35. The van der Waals surface area contributed by atoms with Crippen molar-refractivity contribution in [2.75, 3.05) is 48.4 Å². The zero-order valence-corrected chi connectivity index (χ0v) is 26.0. The third-order valence-corrected chi connectivity index (χ3v) is 8.20. The second-order valence-electron chi connectivity index (χ2n) is 11.3. The molecule has 45 heavy (non-hydrogen) atoms. The molecular weight excluding hydrogens is 567 g/mol. The van der Waals surface area contributed by atoms with Gasteiger partial charge in [-0.05, 0) is 78.6 Å². The molecule has 1 saturated heterocycles. The summed E-state index contributed by atoms with van der Waals surface area (Å²) in [5.74, 6) is 0.00667. The number of nitrogens with one attached hydrogen (secondary N) is 2. The highest BCUT2D eigenvalue weighted by Gasteiger charge is 2.24. The lowest BCUT2D eigenvalue weighted by Crippen LogP contribution is -2.47. The van der Waals surface area contributed by atoms with E-state index < -0.39 is 0 Å². The van der Waals surface area contributed by atoms with Crippen LogP contribution >= 0.6 is 0 Å².